The van der Waals surface area contributed by atoms with Gasteiger partial charge in [-0.1, -0.05) is 22.0 Å². The van der Waals surface area contributed by atoms with Gasteiger partial charge in [-0.05, 0) is 48.7 Å². The summed E-state index contributed by atoms with van der Waals surface area (Å²) >= 11 is 5.07. The highest BCUT2D eigenvalue weighted by Gasteiger charge is 2.05. The van der Waals surface area contributed by atoms with Crippen molar-refractivity contribution >= 4 is 33.4 Å². The van der Waals surface area contributed by atoms with E-state index in [0.29, 0.717) is 6.54 Å². The zero-order valence-electron chi connectivity index (χ0n) is 11.8. The molecule has 2 rings (SSSR count). The molecule has 0 radical (unpaired) electrons. The van der Waals surface area contributed by atoms with Crippen LogP contribution in [0.25, 0.3) is 0 Å². The van der Waals surface area contributed by atoms with Gasteiger partial charge in [0.25, 0.3) is 0 Å². The second kappa shape index (κ2) is 8.32. The summed E-state index contributed by atoms with van der Waals surface area (Å²) in [5, 5.41) is 13.2. The molecule has 0 saturated heterocycles. The minimum absolute atomic E-state index is 0.261. The Morgan fingerprint density at radius 1 is 1.24 bits per heavy atom. The molecule has 5 heteroatoms. The number of halogens is 1. The molecule has 0 fully saturated rings. The van der Waals surface area contributed by atoms with Crippen LogP contribution in [0.4, 0.5) is 5.69 Å². The molecule has 0 amide bonds. The van der Waals surface area contributed by atoms with Gasteiger partial charge in [0.15, 0.2) is 0 Å². The van der Waals surface area contributed by atoms with Crippen molar-refractivity contribution in [1.82, 2.24) is 0 Å². The number of aliphatic hydroxyl groups is 1. The zero-order valence-corrected chi connectivity index (χ0v) is 14.2. The third kappa shape index (κ3) is 5.61. The molecule has 0 aliphatic heterocycles. The number of anilines is 1. The predicted octanol–water partition coefficient (Wildman–Crippen LogP) is 4.02. The van der Waals surface area contributed by atoms with Crippen molar-refractivity contribution in [3.8, 4) is 5.75 Å². The van der Waals surface area contributed by atoms with Crippen LogP contribution in [0, 0.1) is 0 Å². The Morgan fingerprint density at radius 2 is 2.00 bits per heavy atom. The molecule has 2 N–H and O–H groups in total. The van der Waals surface area contributed by atoms with Gasteiger partial charge in [0.2, 0.25) is 0 Å². The molecule has 0 bridgehead atoms. The first-order chi connectivity index (χ1) is 10.2. The Bertz CT molecular complexity index is 562. The van der Waals surface area contributed by atoms with E-state index >= 15 is 0 Å². The summed E-state index contributed by atoms with van der Waals surface area (Å²) in [6.07, 6.45) is 1.48. The monoisotopic (exact) mass is 367 g/mol. The third-order valence-electron chi connectivity index (χ3n) is 2.87. The van der Waals surface area contributed by atoms with E-state index in [1.165, 1.54) is 4.90 Å². The average molecular weight is 368 g/mol. The number of thioether (sulfide) groups is 1. The van der Waals surface area contributed by atoms with Crippen LogP contribution in [0.3, 0.4) is 0 Å². The molecule has 1 atom stereocenters. The van der Waals surface area contributed by atoms with E-state index in [9.17, 15) is 5.11 Å². The van der Waals surface area contributed by atoms with E-state index in [2.05, 4.69) is 33.4 Å². The first-order valence-corrected chi connectivity index (χ1v) is 8.63. The van der Waals surface area contributed by atoms with Crippen molar-refractivity contribution in [2.24, 2.45) is 0 Å². The van der Waals surface area contributed by atoms with Crippen LogP contribution in [-0.2, 0) is 0 Å². The van der Waals surface area contributed by atoms with E-state index in [1.807, 2.05) is 42.7 Å². The van der Waals surface area contributed by atoms with E-state index in [1.54, 1.807) is 11.8 Å². The maximum Gasteiger partial charge on any atom is 0.119 e. The second-order valence-corrected chi connectivity index (χ2v) is 6.33. The number of hydrogen-bond acceptors (Lipinski definition) is 4. The van der Waals surface area contributed by atoms with Crippen molar-refractivity contribution in [2.45, 2.75) is 11.0 Å². The van der Waals surface area contributed by atoms with Crippen LogP contribution in [-0.4, -0.2) is 30.6 Å². The van der Waals surface area contributed by atoms with Crippen LogP contribution in [0.1, 0.15) is 0 Å². The second-order valence-electron chi connectivity index (χ2n) is 4.53. The summed E-state index contributed by atoms with van der Waals surface area (Å²) in [6, 6.07) is 15.7. The summed E-state index contributed by atoms with van der Waals surface area (Å²) in [7, 11) is 0. The Labute approximate surface area is 137 Å². The fraction of sp³-hybridized carbons (Fsp3) is 0.250. The summed E-state index contributed by atoms with van der Waals surface area (Å²) in [4.78, 5) is 1.20. The van der Waals surface area contributed by atoms with Gasteiger partial charge in [0.05, 0.1) is 0 Å². The minimum Gasteiger partial charge on any atom is -0.491 e. The first kappa shape index (κ1) is 16.2. The molecular formula is C16H18BrNO2S. The molecule has 0 saturated carbocycles. The molecule has 0 spiro atoms. The molecule has 2 aromatic rings. The SMILES string of the molecule is CSc1cccc(NCC(O)COc2ccc(Br)cc2)c1. The van der Waals surface area contributed by atoms with Gasteiger partial charge < -0.3 is 15.2 Å². The zero-order chi connectivity index (χ0) is 15.1. The molecule has 0 aromatic heterocycles. The van der Waals surface area contributed by atoms with Gasteiger partial charge >= 0.3 is 0 Å². The quantitative estimate of drug-likeness (QED) is 0.725. The molecular weight excluding hydrogens is 350 g/mol. The van der Waals surface area contributed by atoms with Gasteiger partial charge in [-0.3, -0.25) is 0 Å². The maximum atomic E-state index is 9.95. The van der Waals surface area contributed by atoms with Crippen LogP contribution in [0.2, 0.25) is 0 Å². The standard InChI is InChI=1S/C16H18BrNO2S/c1-21-16-4-2-3-13(9-16)18-10-14(19)11-20-15-7-5-12(17)6-8-15/h2-9,14,18-19H,10-11H2,1H3. The lowest BCUT2D eigenvalue weighted by atomic mass is 10.3. The Kier molecular flexibility index (Phi) is 6.42. The lowest BCUT2D eigenvalue weighted by Crippen LogP contribution is -2.26. The van der Waals surface area contributed by atoms with E-state index < -0.39 is 6.10 Å². The minimum atomic E-state index is -0.563. The van der Waals surface area contributed by atoms with Crippen LogP contribution in [0.15, 0.2) is 57.9 Å². The largest absolute Gasteiger partial charge is 0.491 e. The topological polar surface area (TPSA) is 41.5 Å². The smallest absolute Gasteiger partial charge is 0.119 e. The first-order valence-electron chi connectivity index (χ1n) is 6.62. The summed E-state index contributed by atoms with van der Waals surface area (Å²) in [5.74, 6) is 0.752. The van der Waals surface area contributed by atoms with Crippen LogP contribution >= 0.6 is 27.7 Å². The lowest BCUT2D eigenvalue weighted by molar-refractivity contribution is 0.117. The number of benzene rings is 2. The molecule has 1 unspecified atom stereocenters. The maximum absolute atomic E-state index is 9.95. The molecule has 2 aromatic carbocycles. The summed E-state index contributed by atoms with van der Waals surface area (Å²) in [5.41, 5.74) is 1.00. The fourth-order valence-electron chi connectivity index (χ4n) is 1.75. The number of hydrogen-bond donors (Lipinski definition) is 2. The average Bonchev–Trinajstić information content (AvgIpc) is 2.52. The number of aliphatic hydroxyl groups excluding tert-OH is 1. The molecule has 0 heterocycles. The third-order valence-corrected chi connectivity index (χ3v) is 4.12. The summed E-state index contributed by atoms with van der Waals surface area (Å²) in [6.45, 7) is 0.714. The molecule has 21 heavy (non-hydrogen) atoms. The Hall–Kier alpha value is -1.17. The highest BCUT2D eigenvalue weighted by Crippen LogP contribution is 2.19. The molecule has 0 aliphatic carbocycles. The Balaban J connectivity index is 1.76. The normalized spacial score (nSPS) is 12.0. The fourth-order valence-corrected chi connectivity index (χ4v) is 2.47. The van der Waals surface area contributed by atoms with Crippen molar-refractivity contribution in [3.63, 3.8) is 0 Å². The van der Waals surface area contributed by atoms with Gasteiger partial charge in [0.1, 0.15) is 18.5 Å². The van der Waals surface area contributed by atoms with Crippen molar-refractivity contribution in [2.75, 3.05) is 24.7 Å². The van der Waals surface area contributed by atoms with Crippen LogP contribution < -0.4 is 10.1 Å². The lowest BCUT2D eigenvalue weighted by Gasteiger charge is -2.14. The van der Waals surface area contributed by atoms with Gasteiger partial charge in [0, 0.05) is 21.6 Å². The Morgan fingerprint density at radius 3 is 2.71 bits per heavy atom. The van der Waals surface area contributed by atoms with E-state index in [0.717, 1.165) is 15.9 Å². The number of nitrogens with one attached hydrogen (secondary N) is 1. The van der Waals surface area contributed by atoms with E-state index in [4.69, 9.17) is 4.74 Å². The van der Waals surface area contributed by atoms with Crippen LogP contribution in [0.5, 0.6) is 5.75 Å². The highest BCUT2D eigenvalue weighted by atomic mass is 79.9. The summed E-state index contributed by atoms with van der Waals surface area (Å²) < 4.78 is 6.55. The van der Waals surface area contributed by atoms with Gasteiger partial charge in [-0.15, -0.1) is 11.8 Å². The van der Waals surface area contributed by atoms with Crippen molar-refractivity contribution in [1.29, 1.82) is 0 Å². The molecule has 3 nitrogen and oxygen atoms in total. The molecule has 0 aliphatic rings. The predicted molar refractivity (Wildman–Crippen MR) is 92.4 cm³/mol. The van der Waals surface area contributed by atoms with Crippen molar-refractivity contribution in [3.05, 3.63) is 53.0 Å². The molecule has 112 valence electrons. The van der Waals surface area contributed by atoms with Crippen molar-refractivity contribution < 1.29 is 9.84 Å². The number of ether oxygens (including phenoxy) is 1. The number of rotatable bonds is 7. The van der Waals surface area contributed by atoms with Gasteiger partial charge in [-0.2, -0.15) is 0 Å². The van der Waals surface area contributed by atoms with Gasteiger partial charge in [-0.25, -0.2) is 0 Å². The highest BCUT2D eigenvalue weighted by molar-refractivity contribution is 9.10. The van der Waals surface area contributed by atoms with E-state index in [-0.39, 0.29) is 6.61 Å².